The zero-order valence-corrected chi connectivity index (χ0v) is 13.2. The van der Waals surface area contributed by atoms with Crippen molar-refractivity contribution in [2.45, 2.75) is 51.9 Å². The Labute approximate surface area is 126 Å². The van der Waals surface area contributed by atoms with Crippen molar-refractivity contribution in [2.75, 3.05) is 7.11 Å². The highest BCUT2D eigenvalue weighted by Crippen LogP contribution is 2.38. The number of aromatic nitrogens is 1. The van der Waals surface area contributed by atoms with E-state index in [1.807, 2.05) is 0 Å². The molecule has 1 heterocycles. The summed E-state index contributed by atoms with van der Waals surface area (Å²) in [7, 11) is 1.35. The summed E-state index contributed by atoms with van der Waals surface area (Å²) >= 11 is 0. The summed E-state index contributed by atoms with van der Waals surface area (Å²) in [6.45, 7) is 3.59. The van der Waals surface area contributed by atoms with E-state index in [9.17, 15) is 4.79 Å². The second kappa shape index (κ2) is 7.30. The second-order valence-electron chi connectivity index (χ2n) is 5.74. The van der Waals surface area contributed by atoms with Gasteiger partial charge in [-0.1, -0.05) is 37.5 Å². The van der Waals surface area contributed by atoms with E-state index >= 15 is 0 Å². The molecular formula is C18H25NO2. The van der Waals surface area contributed by atoms with Gasteiger partial charge in [0, 0.05) is 23.5 Å². The van der Waals surface area contributed by atoms with E-state index in [4.69, 9.17) is 0 Å². The average Bonchev–Trinajstić information content (AvgIpc) is 2.84. The molecule has 0 amide bonds. The molecule has 1 N–H and O–H groups in total. The number of esters is 1. The van der Waals surface area contributed by atoms with Crippen molar-refractivity contribution in [3.63, 3.8) is 0 Å². The molecule has 3 rings (SSSR count). The van der Waals surface area contributed by atoms with Gasteiger partial charge in [0.2, 0.25) is 0 Å². The van der Waals surface area contributed by atoms with E-state index in [1.54, 1.807) is 5.56 Å². The molecule has 1 aliphatic carbocycles. The van der Waals surface area contributed by atoms with Crippen LogP contribution < -0.4 is 0 Å². The lowest BCUT2D eigenvalue weighted by molar-refractivity contribution is -0.137. The fourth-order valence-corrected chi connectivity index (χ4v) is 3.22. The van der Waals surface area contributed by atoms with E-state index in [0.29, 0.717) is 0 Å². The number of carbonyl (C=O) groups is 1. The number of hydrogen-bond donors (Lipinski definition) is 1. The van der Waals surface area contributed by atoms with Crippen LogP contribution in [0.3, 0.4) is 0 Å². The number of ether oxygens (including phenoxy) is 1. The number of hydrogen-bond acceptors (Lipinski definition) is 2. The molecule has 2 aromatic rings. The fourth-order valence-electron chi connectivity index (χ4n) is 3.22. The second-order valence-corrected chi connectivity index (χ2v) is 5.74. The van der Waals surface area contributed by atoms with Crippen molar-refractivity contribution in [3.05, 3.63) is 35.5 Å². The van der Waals surface area contributed by atoms with E-state index in [2.05, 4.69) is 40.9 Å². The van der Waals surface area contributed by atoms with Crippen LogP contribution in [0.5, 0.6) is 0 Å². The Kier molecular flexibility index (Phi) is 5.43. The quantitative estimate of drug-likeness (QED) is 0.772. The number of aryl methyl sites for hydroxylation is 1. The minimum Gasteiger partial charge on any atom is -0.469 e. The first-order valence-corrected chi connectivity index (χ1v) is 7.75. The van der Waals surface area contributed by atoms with E-state index in [0.717, 1.165) is 5.92 Å². The minimum absolute atomic E-state index is 0.245. The average molecular weight is 287 g/mol. The van der Waals surface area contributed by atoms with Gasteiger partial charge >= 0.3 is 5.97 Å². The maximum Gasteiger partial charge on any atom is 0.302 e. The van der Waals surface area contributed by atoms with Gasteiger partial charge in [0.1, 0.15) is 0 Å². The third-order valence-corrected chi connectivity index (χ3v) is 4.24. The van der Waals surface area contributed by atoms with Gasteiger partial charge in [0.05, 0.1) is 7.11 Å². The Morgan fingerprint density at radius 1 is 1.19 bits per heavy atom. The van der Waals surface area contributed by atoms with Crippen LogP contribution in [0.15, 0.2) is 24.3 Å². The zero-order valence-electron chi connectivity index (χ0n) is 13.2. The lowest BCUT2D eigenvalue weighted by Crippen LogP contribution is -2.05. The van der Waals surface area contributed by atoms with Gasteiger partial charge in [0.25, 0.3) is 0 Å². The van der Waals surface area contributed by atoms with E-state index in [1.165, 1.54) is 62.7 Å². The molecule has 114 valence electrons. The first kappa shape index (κ1) is 15.6. The molecule has 0 unspecified atom stereocenters. The molecular weight excluding hydrogens is 262 g/mol. The summed E-state index contributed by atoms with van der Waals surface area (Å²) in [4.78, 5) is 13.1. The summed E-state index contributed by atoms with van der Waals surface area (Å²) in [6, 6.07) is 8.72. The SMILES string of the molecule is COC(C)=O.Cc1[nH]c2ccccc2c1C1CCCCC1. The molecule has 1 saturated carbocycles. The van der Waals surface area contributed by atoms with Crippen LogP contribution in [0.1, 0.15) is 56.2 Å². The summed E-state index contributed by atoms with van der Waals surface area (Å²) in [5.74, 6) is 0.551. The molecule has 0 spiro atoms. The number of rotatable bonds is 1. The Hall–Kier alpha value is -1.77. The normalized spacial score (nSPS) is 15.4. The van der Waals surface area contributed by atoms with Gasteiger partial charge < -0.3 is 9.72 Å². The van der Waals surface area contributed by atoms with Crippen molar-refractivity contribution in [1.82, 2.24) is 4.98 Å². The number of carbonyl (C=O) groups excluding carboxylic acids is 1. The molecule has 1 aromatic carbocycles. The van der Waals surface area contributed by atoms with Gasteiger partial charge in [-0.15, -0.1) is 0 Å². The zero-order chi connectivity index (χ0) is 15.2. The molecule has 0 bridgehead atoms. The topological polar surface area (TPSA) is 42.1 Å². The van der Waals surface area contributed by atoms with Gasteiger partial charge in [0.15, 0.2) is 0 Å². The molecule has 0 saturated heterocycles. The van der Waals surface area contributed by atoms with Crippen molar-refractivity contribution >= 4 is 16.9 Å². The van der Waals surface area contributed by atoms with E-state index in [-0.39, 0.29) is 5.97 Å². The van der Waals surface area contributed by atoms with Crippen molar-refractivity contribution < 1.29 is 9.53 Å². The Bertz CT molecular complexity index is 594. The number of methoxy groups -OCH3 is 1. The third-order valence-electron chi connectivity index (χ3n) is 4.24. The van der Waals surface area contributed by atoms with E-state index < -0.39 is 0 Å². The number of nitrogens with one attached hydrogen (secondary N) is 1. The maximum absolute atomic E-state index is 9.59. The Morgan fingerprint density at radius 3 is 2.43 bits per heavy atom. The summed E-state index contributed by atoms with van der Waals surface area (Å²) in [5.41, 5.74) is 4.28. The summed E-state index contributed by atoms with van der Waals surface area (Å²) < 4.78 is 4.11. The minimum atomic E-state index is -0.245. The molecule has 1 fully saturated rings. The standard InChI is InChI=1S/C15H19N.C3H6O2/c1-11-15(12-7-3-2-4-8-12)13-9-5-6-10-14(13)16-11;1-3(4)5-2/h5-6,9-10,12,16H,2-4,7-8H2,1H3;1-2H3. The highest BCUT2D eigenvalue weighted by atomic mass is 16.5. The number of benzene rings is 1. The largest absolute Gasteiger partial charge is 0.469 e. The highest BCUT2D eigenvalue weighted by molar-refractivity contribution is 5.85. The van der Waals surface area contributed by atoms with Crippen LogP contribution in [0.25, 0.3) is 10.9 Å². The molecule has 0 aliphatic heterocycles. The van der Waals surface area contributed by atoms with Gasteiger partial charge in [-0.05, 0) is 37.3 Å². The molecule has 1 aromatic heterocycles. The predicted octanol–water partition coefficient (Wildman–Crippen LogP) is 4.70. The van der Waals surface area contributed by atoms with Crippen molar-refractivity contribution in [2.24, 2.45) is 0 Å². The molecule has 0 radical (unpaired) electrons. The lowest BCUT2D eigenvalue weighted by Gasteiger charge is -2.22. The van der Waals surface area contributed by atoms with Gasteiger partial charge in [-0.3, -0.25) is 4.79 Å². The van der Waals surface area contributed by atoms with Crippen LogP contribution in [0.2, 0.25) is 0 Å². The molecule has 3 nitrogen and oxygen atoms in total. The van der Waals surface area contributed by atoms with Gasteiger partial charge in [-0.2, -0.15) is 0 Å². The van der Waals surface area contributed by atoms with Crippen molar-refractivity contribution in [3.8, 4) is 0 Å². The molecule has 0 atom stereocenters. The Balaban J connectivity index is 0.000000282. The van der Waals surface area contributed by atoms with Crippen LogP contribution in [-0.4, -0.2) is 18.1 Å². The first-order valence-electron chi connectivity index (χ1n) is 7.75. The van der Waals surface area contributed by atoms with Crippen LogP contribution in [0, 0.1) is 6.92 Å². The van der Waals surface area contributed by atoms with Crippen molar-refractivity contribution in [1.29, 1.82) is 0 Å². The monoisotopic (exact) mass is 287 g/mol. The molecule has 1 aliphatic rings. The third kappa shape index (κ3) is 3.87. The Morgan fingerprint density at radius 2 is 1.81 bits per heavy atom. The first-order chi connectivity index (χ1) is 10.1. The van der Waals surface area contributed by atoms with Crippen LogP contribution in [-0.2, 0) is 9.53 Å². The summed E-state index contributed by atoms with van der Waals surface area (Å²) in [6.07, 6.45) is 7.00. The number of aromatic amines is 1. The number of fused-ring (bicyclic) bond motifs is 1. The predicted molar refractivity (Wildman–Crippen MR) is 86.6 cm³/mol. The smallest absolute Gasteiger partial charge is 0.302 e. The highest BCUT2D eigenvalue weighted by Gasteiger charge is 2.20. The lowest BCUT2D eigenvalue weighted by atomic mass is 9.83. The number of H-pyrrole nitrogens is 1. The van der Waals surface area contributed by atoms with Crippen LogP contribution >= 0.6 is 0 Å². The summed E-state index contributed by atoms with van der Waals surface area (Å²) in [5, 5.41) is 1.45. The maximum atomic E-state index is 9.59. The molecule has 21 heavy (non-hydrogen) atoms. The molecule has 3 heteroatoms. The fraction of sp³-hybridized carbons (Fsp3) is 0.500. The van der Waals surface area contributed by atoms with Gasteiger partial charge in [-0.25, -0.2) is 0 Å². The number of para-hydroxylation sites is 1. The van der Waals surface area contributed by atoms with Crippen LogP contribution in [0.4, 0.5) is 0 Å².